The standard InChI is InChI=1S/C9H6ClF3N2O2S2/c10-19(16,17)8-2-7(18-9(11,12)13)5(3-14)1-6(8)4-15/h1-2H,4,15H2. The first kappa shape index (κ1) is 16.1. The van der Waals surface area contributed by atoms with Crippen LogP contribution in [0.4, 0.5) is 13.2 Å². The van der Waals surface area contributed by atoms with Crippen LogP contribution in [0.2, 0.25) is 0 Å². The van der Waals surface area contributed by atoms with Gasteiger partial charge in [-0.25, -0.2) is 8.42 Å². The molecule has 0 aliphatic heterocycles. The van der Waals surface area contributed by atoms with Crippen molar-refractivity contribution < 1.29 is 21.6 Å². The second kappa shape index (κ2) is 5.58. The van der Waals surface area contributed by atoms with Crippen LogP contribution in [0.15, 0.2) is 21.9 Å². The number of hydrogen-bond donors (Lipinski definition) is 1. The van der Waals surface area contributed by atoms with Gasteiger partial charge in [0.15, 0.2) is 0 Å². The van der Waals surface area contributed by atoms with Gasteiger partial charge in [-0.2, -0.15) is 18.4 Å². The summed E-state index contributed by atoms with van der Waals surface area (Å²) in [6.07, 6.45) is 0. The molecule has 0 aliphatic rings. The lowest BCUT2D eigenvalue weighted by Gasteiger charge is -2.11. The summed E-state index contributed by atoms with van der Waals surface area (Å²) in [5.74, 6) is 0. The summed E-state index contributed by atoms with van der Waals surface area (Å²) in [6.45, 7) is -0.271. The molecule has 10 heteroatoms. The topological polar surface area (TPSA) is 83.9 Å². The molecule has 104 valence electrons. The maximum absolute atomic E-state index is 12.3. The molecule has 1 aromatic rings. The zero-order valence-corrected chi connectivity index (χ0v) is 11.4. The Bertz CT molecular complexity index is 638. The van der Waals surface area contributed by atoms with E-state index in [1.54, 1.807) is 6.07 Å². The molecule has 0 bridgehead atoms. The molecule has 0 atom stereocenters. The largest absolute Gasteiger partial charge is 0.446 e. The minimum absolute atomic E-state index is 0.0157. The van der Waals surface area contributed by atoms with Crippen LogP contribution in [0.25, 0.3) is 0 Å². The fourth-order valence-corrected chi connectivity index (χ4v) is 3.15. The SMILES string of the molecule is N#Cc1cc(CN)c(S(=O)(=O)Cl)cc1SC(F)(F)F. The molecule has 4 nitrogen and oxygen atoms in total. The first-order valence-corrected chi connectivity index (χ1v) is 7.68. The average Bonchev–Trinajstić information content (AvgIpc) is 2.25. The van der Waals surface area contributed by atoms with Gasteiger partial charge in [-0.05, 0) is 29.5 Å². The summed E-state index contributed by atoms with van der Waals surface area (Å²) in [7, 11) is 0.878. The van der Waals surface area contributed by atoms with Gasteiger partial charge in [0.05, 0.1) is 10.5 Å². The second-order valence-electron chi connectivity index (χ2n) is 3.26. The van der Waals surface area contributed by atoms with E-state index in [-0.39, 0.29) is 17.7 Å². The Kier molecular flexibility index (Phi) is 4.73. The Balaban J connectivity index is 3.53. The summed E-state index contributed by atoms with van der Waals surface area (Å²) in [5.41, 5.74) is 0.308. The Morgan fingerprint density at radius 1 is 1.42 bits per heavy atom. The van der Waals surface area contributed by atoms with E-state index in [1.165, 1.54) is 0 Å². The lowest BCUT2D eigenvalue weighted by Crippen LogP contribution is -2.07. The zero-order chi connectivity index (χ0) is 14.8. The molecular weight excluding hydrogens is 325 g/mol. The fourth-order valence-electron chi connectivity index (χ4n) is 1.29. The van der Waals surface area contributed by atoms with E-state index < -0.39 is 36.1 Å². The minimum atomic E-state index is -4.65. The molecule has 19 heavy (non-hydrogen) atoms. The van der Waals surface area contributed by atoms with Crippen LogP contribution in [0.3, 0.4) is 0 Å². The fraction of sp³-hybridized carbons (Fsp3) is 0.222. The van der Waals surface area contributed by atoms with Gasteiger partial charge in [-0.3, -0.25) is 0 Å². The smallest absolute Gasteiger partial charge is 0.326 e. The van der Waals surface area contributed by atoms with Crippen molar-refractivity contribution in [1.82, 2.24) is 0 Å². The highest BCUT2D eigenvalue weighted by atomic mass is 35.7. The number of thioether (sulfide) groups is 1. The number of halogens is 4. The van der Waals surface area contributed by atoms with Crippen LogP contribution < -0.4 is 5.73 Å². The van der Waals surface area contributed by atoms with Crippen molar-refractivity contribution in [2.75, 3.05) is 0 Å². The van der Waals surface area contributed by atoms with Crippen LogP contribution in [0.5, 0.6) is 0 Å². The Labute approximate surface area is 115 Å². The van der Waals surface area contributed by atoms with Crippen LogP contribution in [-0.4, -0.2) is 13.9 Å². The van der Waals surface area contributed by atoms with Gasteiger partial charge < -0.3 is 5.73 Å². The molecule has 1 aromatic carbocycles. The quantitative estimate of drug-likeness (QED) is 0.680. The van der Waals surface area contributed by atoms with E-state index in [1.807, 2.05) is 0 Å². The molecule has 0 aromatic heterocycles. The van der Waals surface area contributed by atoms with Crippen molar-refractivity contribution in [1.29, 1.82) is 5.26 Å². The molecule has 0 spiro atoms. The van der Waals surface area contributed by atoms with Gasteiger partial charge in [-0.1, -0.05) is 0 Å². The monoisotopic (exact) mass is 330 g/mol. The first-order valence-electron chi connectivity index (χ1n) is 4.56. The Hall–Kier alpha value is -0.950. The van der Waals surface area contributed by atoms with Crippen LogP contribution in [0, 0.1) is 11.3 Å². The van der Waals surface area contributed by atoms with Gasteiger partial charge in [-0.15, -0.1) is 0 Å². The number of alkyl halides is 3. The minimum Gasteiger partial charge on any atom is -0.326 e. The molecule has 2 N–H and O–H groups in total. The summed E-state index contributed by atoms with van der Waals surface area (Å²) in [5, 5.41) is 8.78. The normalized spacial score (nSPS) is 12.2. The molecular formula is C9H6ClF3N2O2S2. The van der Waals surface area contributed by atoms with Gasteiger partial charge in [0.2, 0.25) is 0 Å². The van der Waals surface area contributed by atoms with Crippen molar-refractivity contribution in [2.45, 2.75) is 21.8 Å². The first-order chi connectivity index (χ1) is 8.58. The zero-order valence-electron chi connectivity index (χ0n) is 9.03. The van der Waals surface area contributed by atoms with Crippen molar-refractivity contribution in [3.8, 4) is 6.07 Å². The third kappa shape index (κ3) is 4.28. The highest BCUT2D eigenvalue weighted by Gasteiger charge is 2.32. The number of hydrogen-bond acceptors (Lipinski definition) is 5. The summed E-state index contributed by atoms with van der Waals surface area (Å²) >= 11 is -0.585. The lowest BCUT2D eigenvalue weighted by atomic mass is 10.1. The van der Waals surface area contributed by atoms with Gasteiger partial charge in [0.25, 0.3) is 9.05 Å². The van der Waals surface area contributed by atoms with Gasteiger partial charge >= 0.3 is 5.51 Å². The van der Waals surface area contributed by atoms with E-state index in [0.29, 0.717) is 6.07 Å². The van der Waals surface area contributed by atoms with Gasteiger partial charge in [0, 0.05) is 22.1 Å². The molecule has 0 saturated carbocycles. The number of nitriles is 1. The summed E-state index contributed by atoms with van der Waals surface area (Å²) in [6, 6.07) is 3.26. The lowest BCUT2D eigenvalue weighted by molar-refractivity contribution is -0.0328. The summed E-state index contributed by atoms with van der Waals surface area (Å²) in [4.78, 5) is -1.06. The third-order valence-electron chi connectivity index (χ3n) is 1.99. The van der Waals surface area contributed by atoms with Crippen molar-refractivity contribution in [3.05, 3.63) is 23.3 Å². The predicted molar refractivity (Wildman–Crippen MR) is 64.0 cm³/mol. The number of rotatable bonds is 3. The molecule has 0 heterocycles. The Morgan fingerprint density at radius 2 is 2.00 bits per heavy atom. The summed E-state index contributed by atoms with van der Waals surface area (Å²) < 4.78 is 59.5. The molecule has 0 amide bonds. The molecule has 0 radical (unpaired) electrons. The predicted octanol–water partition coefficient (Wildman–Crippen LogP) is 2.56. The molecule has 1 rings (SSSR count). The maximum Gasteiger partial charge on any atom is 0.446 e. The van der Waals surface area contributed by atoms with Gasteiger partial charge in [0.1, 0.15) is 6.07 Å². The van der Waals surface area contributed by atoms with Crippen LogP contribution >= 0.6 is 22.4 Å². The molecule has 0 fully saturated rings. The van der Waals surface area contributed by atoms with E-state index in [9.17, 15) is 21.6 Å². The van der Waals surface area contributed by atoms with Crippen molar-refractivity contribution >= 4 is 31.5 Å². The van der Waals surface area contributed by atoms with E-state index in [0.717, 1.165) is 6.07 Å². The highest BCUT2D eigenvalue weighted by molar-refractivity contribution is 8.13. The number of benzene rings is 1. The van der Waals surface area contributed by atoms with Crippen LogP contribution in [0.1, 0.15) is 11.1 Å². The third-order valence-corrected chi connectivity index (χ3v) is 4.18. The van der Waals surface area contributed by atoms with Crippen molar-refractivity contribution in [2.24, 2.45) is 5.73 Å². The van der Waals surface area contributed by atoms with E-state index in [2.05, 4.69) is 0 Å². The average molecular weight is 331 g/mol. The highest BCUT2D eigenvalue weighted by Crippen LogP contribution is 2.40. The second-order valence-corrected chi connectivity index (χ2v) is 6.90. The molecule has 0 saturated heterocycles. The molecule has 0 unspecified atom stereocenters. The Morgan fingerprint density at radius 3 is 2.37 bits per heavy atom. The van der Waals surface area contributed by atoms with Crippen LogP contribution in [-0.2, 0) is 15.6 Å². The number of nitrogens with zero attached hydrogens (tertiary/aromatic N) is 1. The van der Waals surface area contributed by atoms with E-state index >= 15 is 0 Å². The van der Waals surface area contributed by atoms with E-state index in [4.69, 9.17) is 21.7 Å². The number of nitrogens with two attached hydrogens (primary N) is 1. The maximum atomic E-state index is 12.3. The van der Waals surface area contributed by atoms with Crippen molar-refractivity contribution in [3.63, 3.8) is 0 Å². The molecule has 0 aliphatic carbocycles.